The van der Waals surface area contributed by atoms with E-state index in [4.69, 9.17) is 4.74 Å². The number of anilines is 1. The van der Waals surface area contributed by atoms with E-state index in [1.54, 1.807) is 4.90 Å². The van der Waals surface area contributed by atoms with Gasteiger partial charge in [-0.25, -0.2) is 8.42 Å². The van der Waals surface area contributed by atoms with Crippen LogP contribution in [0.15, 0.2) is 53.4 Å². The number of piperazine rings is 1. The Hall–Kier alpha value is -3.37. The second kappa shape index (κ2) is 7.40. The molecular formula is C21H20N4O5S. The number of hydrogen-bond acceptors (Lipinski definition) is 5. The van der Waals surface area contributed by atoms with Crippen molar-refractivity contribution in [3.05, 3.63) is 54.2 Å². The van der Waals surface area contributed by atoms with Gasteiger partial charge in [0.25, 0.3) is 11.8 Å². The molecule has 10 heteroatoms. The fourth-order valence-corrected chi connectivity index (χ4v) is 5.31. The van der Waals surface area contributed by atoms with Crippen LogP contribution in [0.1, 0.15) is 10.5 Å². The Labute approximate surface area is 178 Å². The largest absolute Gasteiger partial charge is 0.482 e. The summed E-state index contributed by atoms with van der Waals surface area (Å²) in [7, 11) is -3.77. The highest BCUT2D eigenvalue weighted by molar-refractivity contribution is 7.89. The second-order valence-electron chi connectivity index (χ2n) is 7.46. The number of aromatic nitrogens is 1. The number of para-hydroxylation sites is 1. The summed E-state index contributed by atoms with van der Waals surface area (Å²) in [6.45, 7) is 0.865. The summed E-state index contributed by atoms with van der Waals surface area (Å²) < 4.78 is 32.8. The van der Waals surface area contributed by atoms with E-state index in [-0.39, 0.29) is 49.5 Å². The van der Waals surface area contributed by atoms with Crippen LogP contribution in [0.4, 0.5) is 5.69 Å². The number of hydrogen-bond donors (Lipinski definition) is 2. The fraction of sp³-hybridized carbons (Fsp3) is 0.238. The standard InChI is InChI=1S/C21H20N4O5S/c26-20-13-30-19-6-5-15(12-17(19)23-20)31(28,29)25-9-7-24(8-10-25)21(27)18-11-14-3-1-2-4-16(14)22-18/h1-6,11-12,22H,7-10,13H2,(H,23,26). The average molecular weight is 440 g/mol. The van der Waals surface area contributed by atoms with Crippen molar-refractivity contribution in [2.75, 3.05) is 38.1 Å². The zero-order valence-electron chi connectivity index (χ0n) is 16.5. The number of benzene rings is 2. The fourth-order valence-electron chi connectivity index (χ4n) is 3.86. The van der Waals surface area contributed by atoms with Crippen molar-refractivity contribution in [2.24, 2.45) is 0 Å². The van der Waals surface area contributed by atoms with Crippen LogP contribution in [-0.4, -0.2) is 67.2 Å². The highest BCUT2D eigenvalue weighted by Gasteiger charge is 2.32. The lowest BCUT2D eigenvalue weighted by Gasteiger charge is -2.34. The number of carbonyl (C=O) groups excluding carboxylic acids is 2. The lowest BCUT2D eigenvalue weighted by atomic mass is 10.2. The van der Waals surface area contributed by atoms with Gasteiger partial charge in [0.15, 0.2) is 6.61 Å². The first-order valence-corrected chi connectivity index (χ1v) is 11.3. The molecule has 2 aromatic carbocycles. The first kappa shape index (κ1) is 19.6. The molecule has 3 heterocycles. The molecule has 160 valence electrons. The van der Waals surface area contributed by atoms with Crippen LogP contribution in [0.3, 0.4) is 0 Å². The van der Waals surface area contributed by atoms with Crippen molar-refractivity contribution < 1.29 is 22.7 Å². The number of nitrogens with one attached hydrogen (secondary N) is 2. The first-order chi connectivity index (χ1) is 14.9. The molecule has 0 aliphatic carbocycles. The average Bonchev–Trinajstić information content (AvgIpc) is 3.22. The van der Waals surface area contributed by atoms with Crippen LogP contribution in [0.5, 0.6) is 5.75 Å². The van der Waals surface area contributed by atoms with E-state index >= 15 is 0 Å². The molecule has 0 saturated carbocycles. The monoisotopic (exact) mass is 440 g/mol. The minimum absolute atomic E-state index is 0.0763. The molecule has 9 nitrogen and oxygen atoms in total. The number of rotatable bonds is 3. The molecule has 31 heavy (non-hydrogen) atoms. The Morgan fingerprint density at radius 1 is 1.00 bits per heavy atom. The molecule has 0 spiro atoms. The minimum Gasteiger partial charge on any atom is -0.482 e. The summed E-state index contributed by atoms with van der Waals surface area (Å²) >= 11 is 0. The number of carbonyl (C=O) groups is 2. The summed E-state index contributed by atoms with van der Waals surface area (Å²) in [4.78, 5) is 29.2. The Kier molecular flexibility index (Phi) is 4.67. The molecule has 2 N–H and O–H groups in total. The summed E-state index contributed by atoms with van der Waals surface area (Å²) in [5, 5.41) is 3.58. The number of nitrogens with zero attached hydrogens (tertiary/aromatic N) is 2. The van der Waals surface area contributed by atoms with Gasteiger partial charge in [0.2, 0.25) is 10.0 Å². The zero-order chi connectivity index (χ0) is 21.6. The number of sulfonamides is 1. The van der Waals surface area contributed by atoms with Crippen molar-refractivity contribution in [1.82, 2.24) is 14.2 Å². The lowest BCUT2D eigenvalue weighted by Crippen LogP contribution is -2.50. The van der Waals surface area contributed by atoms with Gasteiger partial charge in [-0.15, -0.1) is 0 Å². The highest BCUT2D eigenvalue weighted by atomic mass is 32.2. The first-order valence-electron chi connectivity index (χ1n) is 9.86. The predicted octanol–water partition coefficient (Wildman–Crippen LogP) is 1.65. The van der Waals surface area contributed by atoms with Gasteiger partial charge >= 0.3 is 0 Å². The molecule has 5 rings (SSSR count). The van der Waals surface area contributed by atoms with Crippen molar-refractivity contribution in [3.8, 4) is 5.75 Å². The highest BCUT2D eigenvalue weighted by Crippen LogP contribution is 2.31. The van der Waals surface area contributed by atoms with Gasteiger partial charge in [0.1, 0.15) is 11.4 Å². The quantitative estimate of drug-likeness (QED) is 0.643. The molecule has 2 aliphatic heterocycles. The number of aromatic amines is 1. The molecular weight excluding hydrogens is 420 g/mol. The van der Waals surface area contributed by atoms with E-state index in [1.807, 2.05) is 30.3 Å². The van der Waals surface area contributed by atoms with Gasteiger partial charge < -0.3 is 19.9 Å². The molecule has 0 bridgehead atoms. The molecule has 1 saturated heterocycles. The molecule has 1 aromatic heterocycles. The lowest BCUT2D eigenvalue weighted by molar-refractivity contribution is -0.118. The summed E-state index contributed by atoms with van der Waals surface area (Å²) in [5.41, 5.74) is 1.71. The van der Waals surface area contributed by atoms with E-state index in [1.165, 1.54) is 22.5 Å². The number of H-pyrrole nitrogens is 1. The molecule has 3 aromatic rings. The van der Waals surface area contributed by atoms with Crippen LogP contribution in [-0.2, 0) is 14.8 Å². The van der Waals surface area contributed by atoms with Crippen LogP contribution >= 0.6 is 0 Å². The van der Waals surface area contributed by atoms with Crippen molar-refractivity contribution in [3.63, 3.8) is 0 Å². The van der Waals surface area contributed by atoms with Crippen LogP contribution in [0.2, 0.25) is 0 Å². The number of amides is 2. The maximum Gasteiger partial charge on any atom is 0.270 e. The van der Waals surface area contributed by atoms with E-state index in [9.17, 15) is 18.0 Å². The van der Waals surface area contributed by atoms with Crippen LogP contribution < -0.4 is 10.1 Å². The van der Waals surface area contributed by atoms with Crippen molar-refractivity contribution >= 4 is 38.4 Å². The van der Waals surface area contributed by atoms with Crippen molar-refractivity contribution in [2.45, 2.75) is 4.90 Å². The smallest absolute Gasteiger partial charge is 0.270 e. The van der Waals surface area contributed by atoms with Gasteiger partial charge in [-0.05, 0) is 30.3 Å². The normalized spacial score (nSPS) is 17.2. The van der Waals surface area contributed by atoms with Gasteiger partial charge in [-0.2, -0.15) is 4.31 Å². The molecule has 2 amide bonds. The van der Waals surface area contributed by atoms with Gasteiger partial charge in [0.05, 0.1) is 10.6 Å². The Bertz CT molecular complexity index is 1260. The summed E-state index contributed by atoms with van der Waals surface area (Å²) in [6.07, 6.45) is 0. The third-order valence-electron chi connectivity index (χ3n) is 5.51. The van der Waals surface area contributed by atoms with E-state index in [2.05, 4.69) is 10.3 Å². The molecule has 0 atom stereocenters. The summed E-state index contributed by atoms with van der Waals surface area (Å²) in [5.74, 6) is -0.0413. The SMILES string of the molecule is O=C1COc2ccc(S(=O)(=O)N3CCN(C(=O)c4cc5ccccc5[nH]4)CC3)cc2N1. The maximum atomic E-state index is 13.1. The van der Waals surface area contributed by atoms with Crippen molar-refractivity contribution in [1.29, 1.82) is 0 Å². The van der Waals surface area contributed by atoms with Crippen LogP contribution in [0.25, 0.3) is 10.9 Å². The van der Waals surface area contributed by atoms with Gasteiger partial charge in [0, 0.05) is 37.1 Å². The Morgan fingerprint density at radius 3 is 2.55 bits per heavy atom. The summed E-state index contributed by atoms with van der Waals surface area (Å²) in [6, 6.07) is 13.9. The Morgan fingerprint density at radius 2 is 1.77 bits per heavy atom. The van der Waals surface area contributed by atoms with E-state index in [0.29, 0.717) is 17.1 Å². The molecule has 0 radical (unpaired) electrons. The van der Waals surface area contributed by atoms with Gasteiger partial charge in [-0.3, -0.25) is 9.59 Å². The molecule has 2 aliphatic rings. The number of fused-ring (bicyclic) bond motifs is 2. The topological polar surface area (TPSA) is 112 Å². The Balaban J connectivity index is 1.30. The third kappa shape index (κ3) is 3.53. The van der Waals surface area contributed by atoms with Crippen LogP contribution in [0, 0.1) is 0 Å². The predicted molar refractivity (Wildman–Crippen MR) is 114 cm³/mol. The second-order valence-corrected chi connectivity index (χ2v) is 9.40. The maximum absolute atomic E-state index is 13.1. The molecule has 0 unspecified atom stereocenters. The zero-order valence-corrected chi connectivity index (χ0v) is 17.3. The third-order valence-corrected chi connectivity index (χ3v) is 7.40. The number of ether oxygens (including phenoxy) is 1. The van der Waals surface area contributed by atoms with E-state index in [0.717, 1.165) is 10.9 Å². The minimum atomic E-state index is -3.77. The van der Waals surface area contributed by atoms with Gasteiger partial charge in [-0.1, -0.05) is 18.2 Å². The van der Waals surface area contributed by atoms with E-state index < -0.39 is 10.0 Å². The molecule has 1 fully saturated rings.